The van der Waals surface area contributed by atoms with E-state index in [0.717, 1.165) is 13.1 Å². The lowest BCUT2D eigenvalue weighted by Gasteiger charge is -2.24. The third-order valence-corrected chi connectivity index (χ3v) is 5.04. The standard InChI is InChI=1S/C17H27N7O2/c1-10(2)12-7-24(8-13(12)19-17(26)22(3)4)9-14-20-15-11(16(25)21-14)6-18-23(15)5/h6,10,12-13H,7-9H2,1-5H3,(H,19,26)(H,20,21,25)/t12-,13+/m0/s1. The summed E-state index contributed by atoms with van der Waals surface area (Å²) in [7, 11) is 5.25. The highest BCUT2D eigenvalue weighted by Crippen LogP contribution is 2.25. The van der Waals surface area contributed by atoms with Crippen molar-refractivity contribution in [2.75, 3.05) is 27.2 Å². The Morgan fingerprint density at radius 1 is 1.42 bits per heavy atom. The molecule has 1 saturated heterocycles. The summed E-state index contributed by atoms with van der Waals surface area (Å²) >= 11 is 0. The molecule has 3 heterocycles. The molecule has 2 atom stereocenters. The number of amides is 2. The molecule has 142 valence electrons. The fraction of sp³-hybridized carbons (Fsp3) is 0.647. The van der Waals surface area contributed by atoms with Crippen LogP contribution in [0.15, 0.2) is 11.0 Å². The molecule has 0 unspecified atom stereocenters. The molecule has 9 nitrogen and oxygen atoms in total. The maximum atomic E-state index is 12.2. The Labute approximate surface area is 152 Å². The van der Waals surface area contributed by atoms with Crippen LogP contribution in [-0.4, -0.2) is 68.8 Å². The smallest absolute Gasteiger partial charge is 0.317 e. The average Bonchev–Trinajstić information content (AvgIpc) is 3.12. The summed E-state index contributed by atoms with van der Waals surface area (Å²) in [6, 6.07) is 0.00222. The number of aryl methyl sites for hydroxylation is 1. The van der Waals surface area contributed by atoms with E-state index in [-0.39, 0.29) is 17.6 Å². The van der Waals surface area contributed by atoms with Crippen LogP contribution in [0, 0.1) is 11.8 Å². The minimum absolute atomic E-state index is 0.0784. The fourth-order valence-electron chi connectivity index (χ4n) is 3.52. The number of carbonyl (C=O) groups excluding carboxylic acids is 1. The Morgan fingerprint density at radius 3 is 2.81 bits per heavy atom. The lowest BCUT2D eigenvalue weighted by molar-refractivity contribution is 0.207. The Bertz CT molecular complexity index is 854. The summed E-state index contributed by atoms with van der Waals surface area (Å²) < 4.78 is 1.61. The van der Waals surface area contributed by atoms with Gasteiger partial charge in [-0.25, -0.2) is 9.78 Å². The number of likely N-dealkylation sites (tertiary alicyclic amines) is 1. The lowest BCUT2D eigenvalue weighted by atomic mass is 9.91. The summed E-state index contributed by atoms with van der Waals surface area (Å²) in [5.41, 5.74) is 0.413. The highest BCUT2D eigenvalue weighted by Gasteiger charge is 2.36. The molecule has 0 bridgehead atoms. The van der Waals surface area contributed by atoms with Crippen LogP contribution in [0.4, 0.5) is 4.79 Å². The maximum absolute atomic E-state index is 12.2. The fourth-order valence-corrected chi connectivity index (χ4v) is 3.52. The minimum atomic E-state index is -0.171. The number of aromatic nitrogens is 4. The van der Waals surface area contributed by atoms with E-state index in [9.17, 15) is 9.59 Å². The molecule has 2 aromatic heterocycles. The second-order valence-electron chi connectivity index (χ2n) is 7.57. The van der Waals surface area contributed by atoms with Gasteiger partial charge in [-0.3, -0.25) is 14.4 Å². The first-order chi connectivity index (χ1) is 12.3. The van der Waals surface area contributed by atoms with E-state index in [2.05, 4.69) is 39.1 Å². The molecule has 0 aliphatic carbocycles. The van der Waals surface area contributed by atoms with Gasteiger partial charge >= 0.3 is 6.03 Å². The van der Waals surface area contributed by atoms with Crippen LogP contribution in [0.3, 0.4) is 0 Å². The number of hydrogen-bond acceptors (Lipinski definition) is 5. The summed E-state index contributed by atoms with van der Waals surface area (Å²) in [5.74, 6) is 1.42. The predicted molar refractivity (Wildman–Crippen MR) is 98.7 cm³/mol. The van der Waals surface area contributed by atoms with Crippen LogP contribution in [0.25, 0.3) is 11.0 Å². The van der Waals surface area contributed by atoms with Crippen molar-refractivity contribution in [3.63, 3.8) is 0 Å². The van der Waals surface area contributed by atoms with E-state index in [1.807, 2.05) is 0 Å². The van der Waals surface area contributed by atoms with E-state index in [1.165, 1.54) is 6.20 Å². The van der Waals surface area contributed by atoms with Crippen molar-refractivity contribution >= 4 is 17.1 Å². The summed E-state index contributed by atoms with van der Waals surface area (Å²) in [6.45, 7) is 6.46. The molecule has 1 aliphatic rings. The number of hydrogen-bond donors (Lipinski definition) is 2. The van der Waals surface area contributed by atoms with Gasteiger partial charge in [-0.15, -0.1) is 0 Å². The van der Waals surface area contributed by atoms with E-state index < -0.39 is 0 Å². The van der Waals surface area contributed by atoms with Gasteiger partial charge in [0.25, 0.3) is 5.56 Å². The van der Waals surface area contributed by atoms with Crippen LogP contribution in [0.1, 0.15) is 19.7 Å². The van der Waals surface area contributed by atoms with Gasteiger partial charge in [-0.05, 0) is 11.8 Å². The van der Waals surface area contributed by atoms with E-state index in [0.29, 0.717) is 35.2 Å². The predicted octanol–water partition coefficient (Wildman–Crippen LogP) is 0.384. The van der Waals surface area contributed by atoms with Crippen molar-refractivity contribution in [1.29, 1.82) is 0 Å². The van der Waals surface area contributed by atoms with E-state index in [1.54, 1.807) is 30.7 Å². The molecular formula is C17H27N7O2. The van der Waals surface area contributed by atoms with Gasteiger partial charge < -0.3 is 15.2 Å². The average molecular weight is 361 g/mol. The van der Waals surface area contributed by atoms with Crippen LogP contribution in [0.2, 0.25) is 0 Å². The Hall–Kier alpha value is -2.42. The summed E-state index contributed by atoms with van der Waals surface area (Å²) in [4.78, 5) is 35.5. The number of aromatic amines is 1. The first-order valence-electron chi connectivity index (χ1n) is 8.87. The highest BCUT2D eigenvalue weighted by atomic mass is 16.2. The molecular weight excluding hydrogens is 334 g/mol. The molecule has 0 spiro atoms. The molecule has 2 amide bonds. The molecule has 0 aromatic carbocycles. The van der Waals surface area contributed by atoms with Crippen molar-refractivity contribution in [2.45, 2.75) is 26.4 Å². The van der Waals surface area contributed by atoms with Gasteiger partial charge in [0.2, 0.25) is 0 Å². The highest BCUT2D eigenvalue weighted by molar-refractivity contribution is 5.74. The Morgan fingerprint density at radius 2 is 2.15 bits per heavy atom. The SMILES string of the molecule is CC(C)[C@@H]1CN(Cc2nc3c(cnn3C)c(=O)[nH]2)C[C@H]1NC(=O)N(C)C. The molecule has 1 aliphatic heterocycles. The van der Waals surface area contributed by atoms with Gasteiger partial charge in [0.05, 0.1) is 12.7 Å². The third-order valence-electron chi connectivity index (χ3n) is 5.04. The number of carbonyl (C=O) groups is 1. The van der Waals surface area contributed by atoms with Crippen LogP contribution < -0.4 is 10.9 Å². The first kappa shape index (κ1) is 18.4. The van der Waals surface area contributed by atoms with Crippen molar-refractivity contribution in [3.8, 4) is 0 Å². The van der Waals surface area contributed by atoms with Crippen molar-refractivity contribution < 1.29 is 4.79 Å². The number of urea groups is 1. The van der Waals surface area contributed by atoms with Crippen molar-refractivity contribution in [1.82, 2.24) is 34.9 Å². The van der Waals surface area contributed by atoms with Gasteiger partial charge in [0.1, 0.15) is 11.2 Å². The van der Waals surface area contributed by atoms with E-state index in [4.69, 9.17) is 0 Å². The Kier molecular flexibility index (Phi) is 4.99. The van der Waals surface area contributed by atoms with Gasteiger partial charge in [0, 0.05) is 40.3 Å². The molecule has 3 rings (SSSR count). The molecule has 1 fully saturated rings. The number of H-pyrrole nitrogens is 1. The lowest BCUT2D eigenvalue weighted by Crippen LogP contribution is -2.46. The molecule has 2 aromatic rings. The molecule has 0 saturated carbocycles. The van der Waals surface area contributed by atoms with Crippen LogP contribution in [0.5, 0.6) is 0 Å². The van der Waals surface area contributed by atoms with Crippen LogP contribution >= 0.6 is 0 Å². The Balaban J connectivity index is 1.77. The van der Waals surface area contributed by atoms with Gasteiger partial charge in [-0.1, -0.05) is 13.8 Å². The minimum Gasteiger partial charge on any atom is -0.334 e. The van der Waals surface area contributed by atoms with Gasteiger partial charge in [0.15, 0.2) is 5.65 Å². The molecule has 2 N–H and O–H groups in total. The summed E-state index contributed by atoms with van der Waals surface area (Å²) in [5, 5.41) is 7.70. The zero-order chi connectivity index (χ0) is 19.0. The first-order valence-corrected chi connectivity index (χ1v) is 8.87. The molecule has 26 heavy (non-hydrogen) atoms. The zero-order valence-corrected chi connectivity index (χ0v) is 16.0. The number of rotatable bonds is 4. The van der Waals surface area contributed by atoms with Crippen molar-refractivity contribution in [3.05, 3.63) is 22.4 Å². The summed E-state index contributed by atoms with van der Waals surface area (Å²) in [6.07, 6.45) is 1.53. The number of nitrogens with zero attached hydrogens (tertiary/aromatic N) is 5. The monoisotopic (exact) mass is 361 g/mol. The van der Waals surface area contributed by atoms with Crippen LogP contribution in [-0.2, 0) is 13.6 Å². The topological polar surface area (TPSA) is 99.1 Å². The maximum Gasteiger partial charge on any atom is 0.317 e. The quantitative estimate of drug-likeness (QED) is 0.820. The number of nitrogens with one attached hydrogen (secondary N) is 2. The molecule has 9 heteroatoms. The molecule has 0 radical (unpaired) electrons. The normalized spacial score (nSPS) is 20.8. The second kappa shape index (κ2) is 7.06. The number of fused-ring (bicyclic) bond motifs is 1. The van der Waals surface area contributed by atoms with Crippen molar-refractivity contribution in [2.24, 2.45) is 18.9 Å². The zero-order valence-electron chi connectivity index (χ0n) is 16.0. The third kappa shape index (κ3) is 3.57. The largest absolute Gasteiger partial charge is 0.334 e. The van der Waals surface area contributed by atoms with E-state index >= 15 is 0 Å². The van der Waals surface area contributed by atoms with Gasteiger partial charge in [-0.2, -0.15) is 5.10 Å². The second-order valence-corrected chi connectivity index (χ2v) is 7.57.